The number of nitrogens with two attached hydrogens (primary N) is 1. The van der Waals surface area contributed by atoms with E-state index in [1.54, 1.807) is 61.0 Å². The van der Waals surface area contributed by atoms with E-state index >= 15 is 0 Å². The summed E-state index contributed by atoms with van der Waals surface area (Å²) in [5.74, 6) is 5.31. The lowest BCUT2D eigenvalue weighted by molar-refractivity contribution is 0.0831. The monoisotopic (exact) mass is 1720 g/mol. The average Bonchev–Trinajstić information content (AvgIpc) is 0.987. The van der Waals surface area contributed by atoms with E-state index in [-0.39, 0.29) is 76.3 Å². The fourth-order valence-corrected chi connectivity index (χ4v) is 14.9. The molecule has 6 saturated heterocycles. The fraction of sp³-hybridized carbons (Fsp3) is 0.519. The van der Waals surface area contributed by atoms with E-state index in [1.165, 1.54) is 36.4 Å². The van der Waals surface area contributed by atoms with E-state index in [9.17, 15) is 19.5 Å². The lowest BCUT2D eigenvalue weighted by Gasteiger charge is -2.28. The molecule has 9 N–H and O–H groups in total. The van der Waals surface area contributed by atoms with Gasteiger partial charge in [0.2, 0.25) is 22.5 Å². The highest BCUT2D eigenvalue weighted by Gasteiger charge is 2.29. The van der Waals surface area contributed by atoms with Crippen molar-refractivity contribution >= 4 is 104 Å². The summed E-state index contributed by atoms with van der Waals surface area (Å²) < 4.78 is 39.7. The highest BCUT2D eigenvalue weighted by Crippen LogP contribution is 2.33. The van der Waals surface area contributed by atoms with Crippen LogP contribution in [0.25, 0.3) is 22.1 Å². The first-order valence-corrected chi connectivity index (χ1v) is 41.8. The summed E-state index contributed by atoms with van der Waals surface area (Å²) in [7, 11) is 0. The summed E-state index contributed by atoms with van der Waals surface area (Å²) in [4.78, 5) is 63.8. The SMILES string of the molecule is C1CCOC1.C1CCOC1.CCCCO.Clc1nc(Cl)c2cnc(C3CCOCC3)n2n1.N[C@H](CCO)c1ccc(Cl)cc1.O=c1[nH]c(Cl)nn2c(C3CCOCC3)ncc12.O=c1[nH]c(N[C@H](CCO)c2ccc(Cl)cc2)nn2c(C3CCOCC3)ncc12.O=c1c2cnc(C3CCOCC3)n2nc2n1CC[C@H](c1ccc(Cl)cc1)N2. The number of H-pyrrole nitrogens is 2. The number of imidazole rings is 4. The number of aliphatic hydroxyl groups is 3. The second kappa shape index (κ2) is 46.0. The molecule has 3 aromatic carbocycles. The number of benzene rings is 3. The number of aliphatic hydroxyl groups excluding tert-OH is 3. The van der Waals surface area contributed by atoms with Crippen LogP contribution < -0.4 is 33.0 Å². The molecule has 0 spiro atoms. The van der Waals surface area contributed by atoms with Crippen molar-refractivity contribution in [1.29, 1.82) is 0 Å². The fourth-order valence-electron chi connectivity index (χ4n) is 13.9. The van der Waals surface area contributed by atoms with Crippen molar-refractivity contribution in [2.24, 2.45) is 5.73 Å². The lowest BCUT2D eigenvalue weighted by Crippen LogP contribution is -2.34. The van der Waals surface area contributed by atoms with Crippen LogP contribution >= 0.6 is 69.6 Å². The van der Waals surface area contributed by atoms with E-state index < -0.39 is 0 Å². The van der Waals surface area contributed by atoms with Gasteiger partial charge in [0.1, 0.15) is 28.8 Å². The van der Waals surface area contributed by atoms with Crippen molar-refractivity contribution in [2.45, 2.75) is 164 Å². The van der Waals surface area contributed by atoms with E-state index in [0.717, 1.165) is 177 Å². The number of halogens is 6. The van der Waals surface area contributed by atoms with Crippen LogP contribution in [0, 0.1) is 0 Å². The molecular weight excluding hydrogens is 1620 g/mol. The molecule has 7 aliphatic heterocycles. The Balaban J connectivity index is 0.000000139. The van der Waals surface area contributed by atoms with Gasteiger partial charge in [-0.25, -0.2) is 43.0 Å². The molecular formula is C79H101Cl6N19O12. The number of fused-ring (bicyclic) bond motifs is 5. The van der Waals surface area contributed by atoms with Crippen LogP contribution in [0.2, 0.25) is 30.8 Å². The van der Waals surface area contributed by atoms with Crippen molar-refractivity contribution in [3.8, 4) is 0 Å². The predicted octanol–water partition coefficient (Wildman–Crippen LogP) is 12.9. The minimum Gasteiger partial charge on any atom is -0.396 e. The Labute approximate surface area is 700 Å². The van der Waals surface area contributed by atoms with Crippen LogP contribution in [0.1, 0.15) is 198 Å². The minimum absolute atomic E-state index is 0.00876. The molecule has 7 aliphatic rings. The highest BCUT2D eigenvalue weighted by atomic mass is 35.5. The number of nitrogens with zero attached hydrogens (tertiary/aromatic N) is 14. The molecule has 0 aliphatic carbocycles. The summed E-state index contributed by atoms with van der Waals surface area (Å²) in [6, 6.07) is 22.3. The number of aromatic amines is 2. The van der Waals surface area contributed by atoms with Crippen LogP contribution in [-0.4, -0.2) is 192 Å². The van der Waals surface area contributed by atoms with Crippen molar-refractivity contribution in [1.82, 2.24) is 77.9 Å². The number of anilines is 2. The molecule has 8 aromatic heterocycles. The molecule has 31 nitrogen and oxygen atoms in total. The van der Waals surface area contributed by atoms with Crippen molar-refractivity contribution in [3.05, 3.63) is 199 Å². The number of rotatable bonds is 15. The molecule has 626 valence electrons. The Morgan fingerprint density at radius 1 is 0.483 bits per heavy atom. The van der Waals surface area contributed by atoms with Crippen molar-refractivity contribution in [2.75, 3.05) is 110 Å². The molecule has 0 saturated carbocycles. The number of ether oxygens (including phenoxy) is 6. The summed E-state index contributed by atoms with van der Waals surface area (Å²) >= 11 is 35.2. The maximum absolute atomic E-state index is 12.9. The molecule has 0 radical (unpaired) electrons. The molecule has 0 unspecified atom stereocenters. The van der Waals surface area contributed by atoms with Crippen LogP contribution in [0.5, 0.6) is 0 Å². The lowest BCUT2D eigenvalue weighted by atomic mass is 10.00. The molecule has 15 heterocycles. The van der Waals surface area contributed by atoms with Crippen LogP contribution in [-0.2, 0) is 35.0 Å². The number of unbranched alkanes of at least 4 members (excludes halogenated alkanes) is 1. The third-order valence-electron chi connectivity index (χ3n) is 20.3. The van der Waals surface area contributed by atoms with Gasteiger partial charge in [0, 0.05) is 150 Å². The van der Waals surface area contributed by atoms with E-state index in [2.05, 4.69) is 67.7 Å². The standard InChI is InChI=1S/C19H22ClN5O3.C19H20ClN5O2.C10H10Cl2N4O.C10H11ClN4O2.C9H12ClNO.2C4H8O.C4H10O/c20-14-3-1-12(2-4-14)15(5-8-26)22-19-23-18(27)16-11-21-17(25(16)24-19)13-6-9-28-10-7-13;20-14-3-1-12(2-4-14)15-5-8-24-18(26)16-11-21-17(13-6-9-27-10-7-13)25(16)23-19(24)22-15;11-8-7-5-13-9(6-1-3-17-4-2-6)16(7)15-10(12)14-8;11-10-13-9(16)7-5-12-8(15(7)14-10)6-1-3-17-4-2-6;10-8-3-1-7(2-4-8)9(11)5-6-12;2*1-2-4-5-3-1;1-2-3-4-5/h1-4,11,13,15,26H,5-10H2,(H2,22,23,24,27);1-4,11,13,15H,5-10H2,(H,22,23);5-6H,1-4H2;5-6H,1-4H2,(H,13,14,16);1-4,9,12H,5-6,11H2;2*1-4H2;5H,2-4H2,1H3/t2*15-;;;9-;;;/m11..1.../s1. The first kappa shape index (κ1) is 89.0. The summed E-state index contributed by atoms with van der Waals surface area (Å²) in [5.41, 5.74) is 10.3. The van der Waals surface area contributed by atoms with Gasteiger partial charge in [-0.15, -0.1) is 20.4 Å². The number of hydrogen-bond acceptors (Lipinski definition) is 24. The molecule has 3 atom stereocenters. The minimum atomic E-state index is -0.268. The van der Waals surface area contributed by atoms with Gasteiger partial charge in [0.15, 0.2) is 21.7 Å². The zero-order chi connectivity index (χ0) is 81.7. The molecule has 18 rings (SSSR count). The van der Waals surface area contributed by atoms with E-state index in [4.69, 9.17) is 119 Å². The van der Waals surface area contributed by atoms with Gasteiger partial charge in [-0.05, 0) is 179 Å². The van der Waals surface area contributed by atoms with E-state index in [0.29, 0.717) is 99.3 Å². The molecule has 116 heavy (non-hydrogen) atoms. The smallest absolute Gasteiger partial charge is 0.280 e. The summed E-state index contributed by atoms with van der Waals surface area (Å²) in [5, 5.41) is 53.0. The first-order valence-electron chi connectivity index (χ1n) is 39.5. The molecule has 11 aromatic rings. The average molecular weight is 1720 g/mol. The van der Waals surface area contributed by atoms with Crippen LogP contribution in [0.4, 0.5) is 11.9 Å². The third-order valence-corrected chi connectivity index (χ3v) is 21.7. The zero-order valence-electron chi connectivity index (χ0n) is 64.7. The van der Waals surface area contributed by atoms with Gasteiger partial charge in [0.25, 0.3) is 16.7 Å². The van der Waals surface area contributed by atoms with Gasteiger partial charge in [-0.3, -0.25) is 28.9 Å². The molecule has 0 bridgehead atoms. The molecule has 6 fully saturated rings. The molecule has 37 heteroatoms. The summed E-state index contributed by atoms with van der Waals surface area (Å²) in [6.07, 6.45) is 22.6. The Morgan fingerprint density at radius 2 is 0.897 bits per heavy atom. The Morgan fingerprint density at radius 3 is 1.34 bits per heavy atom. The number of nitrogens with one attached hydrogen (secondary N) is 4. The maximum Gasteiger partial charge on any atom is 0.280 e. The van der Waals surface area contributed by atoms with Gasteiger partial charge < -0.3 is 60.1 Å². The Kier molecular flexibility index (Phi) is 35.3. The topological polar surface area (TPSA) is 388 Å². The Bertz CT molecular complexity index is 4970. The highest BCUT2D eigenvalue weighted by molar-refractivity contribution is 6.34. The second-order valence-corrected chi connectivity index (χ2v) is 30.7. The summed E-state index contributed by atoms with van der Waals surface area (Å²) in [6.45, 7) is 12.9. The largest absolute Gasteiger partial charge is 0.396 e. The second-order valence-electron chi connectivity index (χ2n) is 28.4. The zero-order valence-corrected chi connectivity index (χ0v) is 69.3. The Hall–Kier alpha value is -7.80. The van der Waals surface area contributed by atoms with Crippen LogP contribution in [0.3, 0.4) is 0 Å². The van der Waals surface area contributed by atoms with Gasteiger partial charge in [0.05, 0.1) is 36.9 Å². The number of aromatic nitrogens is 16. The predicted molar refractivity (Wildman–Crippen MR) is 446 cm³/mol. The quantitative estimate of drug-likeness (QED) is 0.0472. The van der Waals surface area contributed by atoms with Gasteiger partial charge in [-0.2, -0.15) is 0 Å². The van der Waals surface area contributed by atoms with Crippen molar-refractivity contribution in [3.63, 3.8) is 0 Å². The van der Waals surface area contributed by atoms with Crippen LogP contribution in [0.15, 0.2) is 112 Å². The molecule has 0 amide bonds. The van der Waals surface area contributed by atoms with Crippen molar-refractivity contribution < 1.29 is 43.7 Å². The number of hydrogen-bond donors (Lipinski definition) is 8. The van der Waals surface area contributed by atoms with Gasteiger partial charge in [-0.1, -0.05) is 96.1 Å². The maximum atomic E-state index is 12.9. The van der Waals surface area contributed by atoms with Gasteiger partial charge >= 0.3 is 0 Å². The normalized spacial score (nSPS) is 17.7. The van der Waals surface area contributed by atoms with E-state index in [1.807, 2.05) is 48.5 Å². The first-order chi connectivity index (χ1) is 56.5. The third kappa shape index (κ3) is 24.9.